The van der Waals surface area contributed by atoms with Crippen LogP contribution in [0, 0.1) is 0 Å². The van der Waals surface area contributed by atoms with Gasteiger partial charge < -0.3 is 14.8 Å². The highest BCUT2D eigenvalue weighted by Crippen LogP contribution is 2.29. The van der Waals surface area contributed by atoms with Crippen LogP contribution in [0.4, 0.5) is 0 Å². The fraction of sp³-hybridized carbons (Fsp3) is 0.647. The highest BCUT2D eigenvalue weighted by Gasteiger charge is 2.23. The molecule has 0 saturated heterocycles. The first kappa shape index (κ1) is 15.3. The summed E-state index contributed by atoms with van der Waals surface area (Å²) in [4.78, 5) is 0. The van der Waals surface area contributed by atoms with Crippen molar-refractivity contribution < 1.29 is 9.47 Å². The largest absolute Gasteiger partial charge is 0.490 e. The summed E-state index contributed by atoms with van der Waals surface area (Å²) >= 11 is 0. The second-order valence-corrected chi connectivity index (χ2v) is 5.34. The molecule has 0 amide bonds. The number of hydrogen-bond acceptors (Lipinski definition) is 3. The van der Waals surface area contributed by atoms with E-state index < -0.39 is 0 Å². The molecule has 0 aliphatic heterocycles. The number of hydrogen-bond donors (Lipinski definition) is 1. The number of rotatable bonds is 10. The average molecular weight is 277 g/mol. The molecule has 0 radical (unpaired) electrons. The van der Waals surface area contributed by atoms with Gasteiger partial charge in [0.2, 0.25) is 0 Å². The molecule has 112 valence electrons. The van der Waals surface area contributed by atoms with Gasteiger partial charge in [0, 0.05) is 19.3 Å². The summed E-state index contributed by atoms with van der Waals surface area (Å²) < 4.78 is 11.3. The van der Waals surface area contributed by atoms with E-state index in [1.54, 1.807) is 0 Å². The van der Waals surface area contributed by atoms with Crippen LogP contribution < -0.4 is 10.1 Å². The number of nitrogens with one attached hydrogen (secondary N) is 1. The molecular formula is C17H27NO2. The van der Waals surface area contributed by atoms with Crippen molar-refractivity contribution in [1.29, 1.82) is 0 Å². The molecule has 1 aromatic rings. The summed E-state index contributed by atoms with van der Waals surface area (Å²) in [5, 5.41) is 3.56. The van der Waals surface area contributed by atoms with Crippen LogP contribution in [0.25, 0.3) is 0 Å². The lowest BCUT2D eigenvalue weighted by molar-refractivity contribution is 0.141. The standard InChI is InChI=1S/C17H27NO2/c1-3-18-17(9-6-12-19-4-2)14-7-5-8-16(13-14)20-15-10-11-15/h5,7-8,13,15,17-18H,3-4,6,9-12H2,1-2H3. The van der Waals surface area contributed by atoms with E-state index in [0.29, 0.717) is 12.1 Å². The van der Waals surface area contributed by atoms with Crippen LogP contribution in [-0.2, 0) is 4.74 Å². The first-order valence-corrected chi connectivity index (χ1v) is 7.91. The predicted molar refractivity (Wildman–Crippen MR) is 82.2 cm³/mol. The van der Waals surface area contributed by atoms with Gasteiger partial charge in [-0.2, -0.15) is 0 Å². The maximum Gasteiger partial charge on any atom is 0.120 e. The minimum absolute atomic E-state index is 0.392. The van der Waals surface area contributed by atoms with Crippen molar-refractivity contribution in [3.05, 3.63) is 29.8 Å². The molecule has 3 nitrogen and oxygen atoms in total. The van der Waals surface area contributed by atoms with Crippen molar-refractivity contribution in [2.75, 3.05) is 19.8 Å². The Hall–Kier alpha value is -1.06. The monoisotopic (exact) mass is 277 g/mol. The third-order valence-electron chi connectivity index (χ3n) is 3.52. The Labute approximate surface area is 122 Å². The summed E-state index contributed by atoms with van der Waals surface area (Å²) in [6, 6.07) is 8.92. The van der Waals surface area contributed by atoms with Crippen LogP contribution >= 0.6 is 0 Å². The second kappa shape index (κ2) is 8.28. The van der Waals surface area contributed by atoms with E-state index in [1.807, 2.05) is 6.92 Å². The Morgan fingerprint density at radius 3 is 2.85 bits per heavy atom. The quantitative estimate of drug-likeness (QED) is 0.662. The van der Waals surface area contributed by atoms with Gasteiger partial charge in [-0.3, -0.25) is 0 Å². The van der Waals surface area contributed by atoms with Crippen LogP contribution in [0.5, 0.6) is 5.75 Å². The van der Waals surface area contributed by atoms with Crippen molar-refractivity contribution in [2.24, 2.45) is 0 Å². The van der Waals surface area contributed by atoms with E-state index in [-0.39, 0.29) is 0 Å². The Bertz CT molecular complexity index is 390. The number of benzene rings is 1. The maximum absolute atomic E-state index is 5.88. The summed E-state index contributed by atoms with van der Waals surface area (Å²) in [6.45, 7) is 6.82. The Morgan fingerprint density at radius 1 is 1.30 bits per heavy atom. The van der Waals surface area contributed by atoms with E-state index in [0.717, 1.165) is 38.3 Å². The summed E-state index contributed by atoms with van der Waals surface area (Å²) in [5.41, 5.74) is 1.32. The fourth-order valence-corrected chi connectivity index (χ4v) is 2.35. The molecule has 3 heteroatoms. The highest BCUT2D eigenvalue weighted by molar-refractivity contribution is 5.31. The van der Waals surface area contributed by atoms with E-state index in [1.165, 1.54) is 18.4 Å². The lowest BCUT2D eigenvalue weighted by Gasteiger charge is -2.19. The SMILES string of the molecule is CCNC(CCCOCC)c1cccc(OC2CC2)c1. The summed E-state index contributed by atoms with van der Waals surface area (Å²) in [7, 11) is 0. The van der Waals surface area contributed by atoms with Gasteiger partial charge in [-0.1, -0.05) is 19.1 Å². The van der Waals surface area contributed by atoms with Crippen molar-refractivity contribution in [1.82, 2.24) is 5.32 Å². The second-order valence-electron chi connectivity index (χ2n) is 5.34. The van der Waals surface area contributed by atoms with Gasteiger partial charge in [0.15, 0.2) is 0 Å². The van der Waals surface area contributed by atoms with Crippen LogP contribution in [0.3, 0.4) is 0 Å². The molecule has 1 aliphatic rings. The number of ether oxygens (including phenoxy) is 2. The lowest BCUT2D eigenvalue weighted by atomic mass is 10.0. The Morgan fingerprint density at radius 2 is 2.15 bits per heavy atom. The third-order valence-corrected chi connectivity index (χ3v) is 3.52. The minimum atomic E-state index is 0.392. The molecule has 0 bridgehead atoms. The molecule has 0 spiro atoms. The first-order chi connectivity index (χ1) is 9.83. The molecule has 1 unspecified atom stereocenters. The van der Waals surface area contributed by atoms with Crippen LogP contribution in [0.2, 0.25) is 0 Å². The molecule has 1 aliphatic carbocycles. The van der Waals surface area contributed by atoms with Crippen LogP contribution in [0.1, 0.15) is 51.1 Å². The average Bonchev–Trinajstić information content (AvgIpc) is 3.26. The van der Waals surface area contributed by atoms with Crippen LogP contribution in [-0.4, -0.2) is 25.9 Å². The molecule has 20 heavy (non-hydrogen) atoms. The van der Waals surface area contributed by atoms with E-state index in [9.17, 15) is 0 Å². The van der Waals surface area contributed by atoms with Gasteiger partial charge in [-0.05, 0) is 56.8 Å². The van der Waals surface area contributed by atoms with Gasteiger partial charge in [-0.15, -0.1) is 0 Å². The van der Waals surface area contributed by atoms with Gasteiger partial charge in [0.05, 0.1) is 6.10 Å². The normalized spacial score (nSPS) is 16.1. The fourth-order valence-electron chi connectivity index (χ4n) is 2.35. The molecule has 1 aromatic carbocycles. The zero-order chi connectivity index (χ0) is 14.2. The van der Waals surface area contributed by atoms with Crippen LogP contribution in [0.15, 0.2) is 24.3 Å². The van der Waals surface area contributed by atoms with Crippen molar-refractivity contribution in [2.45, 2.75) is 51.7 Å². The van der Waals surface area contributed by atoms with Gasteiger partial charge in [0.25, 0.3) is 0 Å². The van der Waals surface area contributed by atoms with Gasteiger partial charge in [0.1, 0.15) is 5.75 Å². The molecular weight excluding hydrogens is 250 g/mol. The van der Waals surface area contributed by atoms with Crippen molar-refractivity contribution in [3.8, 4) is 5.75 Å². The first-order valence-electron chi connectivity index (χ1n) is 7.91. The van der Waals surface area contributed by atoms with E-state index in [2.05, 4.69) is 36.5 Å². The molecule has 0 heterocycles. The molecule has 1 atom stereocenters. The molecule has 0 aromatic heterocycles. The highest BCUT2D eigenvalue weighted by atomic mass is 16.5. The molecule has 1 fully saturated rings. The van der Waals surface area contributed by atoms with Crippen molar-refractivity contribution >= 4 is 0 Å². The Balaban J connectivity index is 1.92. The van der Waals surface area contributed by atoms with Crippen molar-refractivity contribution in [3.63, 3.8) is 0 Å². The van der Waals surface area contributed by atoms with E-state index >= 15 is 0 Å². The Kier molecular flexibility index (Phi) is 6.34. The third kappa shape index (κ3) is 5.14. The zero-order valence-electron chi connectivity index (χ0n) is 12.7. The van der Waals surface area contributed by atoms with E-state index in [4.69, 9.17) is 9.47 Å². The molecule has 1 saturated carbocycles. The molecule has 2 rings (SSSR count). The maximum atomic E-state index is 5.88. The zero-order valence-corrected chi connectivity index (χ0v) is 12.7. The van der Waals surface area contributed by atoms with Gasteiger partial charge >= 0.3 is 0 Å². The minimum Gasteiger partial charge on any atom is -0.490 e. The summed E-state index contributed by atoms with van der Waals surface area (Å²) in [5.74, 6) is 1.01. The lowest BCUT2D eigenvalue weighted by Crippen LogP contribution is -2.21. The van der Waals surface area contributed by atoms with Gasteiger partial charge in [-0.25, -0.2) is 0 Å². The topological polar surface area (TPSA) is 30.5 Å². The summed E-state index contributed by atoms with van der Waals surface area (Å²) in [6.07, 6.45) is 5.05. The molecule has 1 N–H and O–H groups in total. The predicted octanol–water partition coefficient (Wildman–Crippen LogP) is 3.70. The smallest absolute Gasteiger partial charge is 0.120 e.